The highest BCUT2D eigenvalue weighted by Crippen LogP contribution is 2.40. The number of hydrogen-bond donors (Lipinski definition) is 0. The fourth-order valence-corrected chi connectivity index (χ4v) is 5.17. The third-order valence-corrected chi connectivity index (χ3v) is 6.88. The molecule has 176 valence electrons. The van der Waals surface area contributed by atoms with E-state index in [2.05, 4.69) is 20.8 Å². The summed E-state index contributed by atoms with van der Waals surface area (Å²) in [6.45, 7) is 8.94. The van der Waals surface area contributed by atoms with Crippen LogP contribution >= 0.6 is 0 Å². The molecule has 2 fully saturated rings. The van der Waals surface area contributed by atoms with Crippen molar-refractivity contribution in [2.75, 3.05) is 13.1 Å². The molecule has 2 amide bonds. The van der Waals surface area contributed by atoms with Gasteiger partial charge in [-0.25, -0.2) is 0 Å². The van der Waals surface area contributed by atoms with Crippen LogP contribution in [0.5, 0.6) is 0 Å². The van der Waals surface area contributed by atoms with Crippen LogP contribution in [0.3, 0.4) is 0 Å². The number of carbonyl (C=O) groups is 4. The van der Waals surface area contributed by atoms with E-state index in [1.54, 1.807) is 9.80 Å². The first-order chi connectivity index (χ1) is 14.7. The van der Waals surface area contributed by atoms with Crippen molar-refractivity contribution in [2.24, 2.45) is 5.92 Å². The maximum absolute atomic E-state index is 13.6. The third kappa shape index (κ3) is 6.39. The molecule has 6 heteroatoms. The second-order valence-corrected chi connectivity index (χ2v) is 9.91. The van der Waals surface area contributed by atoms with E-state index in [-0.39, 0.29) is 42.3 Å². The van der Waals surface area contributed by atoms with Gasteiger partial charge in [-0.1, -0.05) is 46.5 Å². The van der Waals surface area contributed by atoms with E-state index < -0.39 is 5.54 Å². The molecular formula is C25H42N2O4. The first kappa shape index (κ1) is 25.5. The molecule has 2 heterocycles. The summed E-state index contributed by atoms with van der Waals surface area (Å²) in [7, 11) is 0. The van der Waals surface area contributed by atoms with Gasteiger partial charge in [0.1, 0.15) is 11.3 Å². The Bertz CT molecular complexity index is 660. The Morgan fingerprint density at radius 2 is 1.68 bits per heavy atom. The molecule has 2 atom stereocenters. The summed E-state index contributed by atoms with van der Waals surface area (Å²) >= 11 is 0. The number of rotatable bonds is 13. The second-order valence-electron chi connectivity index (χ2n) is 9.91. The Balaban J connectivity index is 2.09. The first-order valence-electron chi connectivity index (χ1n) is 12.4. The van der Waals surface area contributed by atoms with Gasteiger partial charge in [-0.2, -0.15) is 0 Å². The molecule has 0 radical (unpaired) electrons. The lowest BCUT2D eigenvalue weighted by atomic mass is 9.92. The molecule has 2 rings (SSSR count). The summed E-state index contributed by atoms with van der Waals surface area (Å²) in [5.41, 5.74) is -0.801. The topological polar surface area (TPSA) is 74.8 Å². The molecule has 2 aliphatic heterocycles. The van der Waals surface area contributed by atoms with Crippen LogP contribution in [-0.2, 0) is 19.2 Å². The molecule has 0 unspecified atom stereocenters. The number of nitrogens with zero attached hydrogens (tertiary/aromatic N) is 2. The number of likely N-dealkylation sites (tertiary alicyclic amines) is 2. The molecule has 0 aromatic carbocycles. The van der Waals surface area contributed by atoms with Crippen molar-refractivity contribution in [2.45, 2.75) is 116 Å². The van der Waals surface area contributed by atoms with E-state index >= 15 is 0 Å². The van der Waals surface area contributed by atoms with E-state index in [9.17, 15) is 19.2 Å². The van der Waals surface area contributed by atoms with Gasteiger partial charge in [-0.3, -0.25) is 14.4 Å². The predicted octanol–water partition coefficient (Wildman–Crippen LogP) is 4.29. The molecule has 0 aromatic heterocycles. The van der Waals surface area contributed by atoms with Gasteiger partial charge in [-0.05, 0) is 44.9 Å². The number of carbonyl (C=O) groups excluding carboxylic acids is 4. The molecule has 2 aliphatic rings. The van der Waals surface area contributed by atoms with E-state index in [4.69, 9.17) is 0 Å². The third-order valence-electron chi connectivity index (χ3n) is 6.88. The lowest BCUT2D eigenvalue weighted by molar-refractivity contribution is -0.149. The maximum atomic E-state index is 13.6. The van der Waals surface area contributed by atoms with Crippen LogP contribution < -0.4 is 0 Å². The van der Waals surface area contributed by atoms with Crippen LogP contribution in [0.2, 0.25) is 0 Å². The highest BCUT2D eigenvalue weighted by atomic mass is 16.2. The molecule has 1 spiro atoms. The molecule has 0 aromatic rings. The van der Waals surface area contributed by atoms with Gasteiger partial charge in [0.2, 0.25) is 11.8 Å². The number of ketones is 2. The fraction of sp³-hybridized carbons (Fsp3) is 0.840. The molecule has 2 saturated heterocycles. The minimum Gasteiger partial charge on any atom is -0.331 e. The SMILES string of the molecule is CCCCCCCC(=O)[C@H](CC(C)C)N1CC[C@@]2(CCCN2C(=O)CCC(C)=O)C1=O. The number of hydrogen-bond acceptors (Lipinski definition) is 4. The van der Waals surface area contributed by atoms with Crippen molar-refractivity contribution in [3.8, 4) is 0 Å². The van der Waals surface area contributed by atoms with E-state index in [1.807, 2.05) is 0 Å². The number of unbranched alkanes of at least 4 members (excludes halogenated alkanes) is 4. The maximum Gasteiger partial charge on any atom is 0.249 e. The Kier molecular flexibility index (Phi) is 9.70. The first-order valence-corrected chi connectivity index (χ1v) is 12.4. The minimum absolute atomic E-state index is 0.0116. The largest absolute Gasteiger partial charge is 0.331 e. The normalized spacial score (nSPS) is 22.0. The van der Waals surface area contributed by atoms with Gasteiger partial charge in [-0.15, -0.1) is 0 Å². The zero-order valence-electron chi connectivity index (χ0n) is 20.1. The number of Topliss-reactive ketones (excluding diaryl/α,β-unsaturated/α-hetero) is 2. The Labute approximate surface area is 188 Å². The van der Waals surface area contributed by atoms with Crippen LogP contribution in [0.15, 0.2) is 0 Å². The summed E-state index contributed by atoms with van der Waals surface area (Å²) < 4.78 is 0. The average Bonchev–Trinajstić information content (AvgIpc) is 3.29. The van der Waals surface area contributed by atoms with Crippen LogP contribution in [0, 0.1) is 5.92 Å². The smallest absolute Gasteiger partial charge is 0.249 e. The second kappa shape index (κ2) is 11.8. The zero-order valence-corrected chi connectivity index (χ0v) is 20.1. The van der Waals surface area contributed by atoms with E-state index in [0.717, 1.165) is 25.7 Å². The van der Waals surface area contributed by atoms with Crippen LogP contribution in [0.25, 0.3) is 0 Å². The summed E-state index contributed by atoms with van der Waals surface area (Å²) in [5.74, 6) is 0.317. The minimum atomic E-state index is -0.801. The predicted molar refractivity (Wildman–Crippen MR) is 122 cm³/mol. The summed E-state index contributed by atoms with van der Waals surface area (Å²) in [5, 5.41) is 0. The van der Waals surface area contributed by atoms with Gasteiger partial charge in [0.15, 0.2) is 5.78 Å². The summed E-state index contributed by atoms with van der Waals surface area (Å²) in [6, 6.07) is -0.382. The Hall–Kier alpha value is -1.72. The van der Waals surface area contributed by atoms with Gasteiger partial charge < -0.3 is 14.6 Å². The van der Waals surface area contributed by atoms with Gasteiger partial charge in [0.25, 0.3) is 0 Å². The summed E-state index contributed by atoms with van der Waals surface area (Å²) in [6.07, 6.45) is 9.11. The van der Waals surface area contributed by atoms with Crippen molar-refractivity contribution in [3.63, 3.8) is 0 Å². The monoisotopic (exact) mass is 434 g/mol. The Morgan fingerprint density at radius 3 is 2.32 bits per heavy atom. The number of amides is 2. The average molecular weight is 435 g/mol. The van der Waals surface area contributed by atoms with E-state index in [1.165, 1.54) is 19.8 Å². The van der Waals surface area contributed by atoms with Crippen molar-refractivity contribution >= 4 is 23.4 Å². The lowest BCUT2D eigenvalue weighted by Gasteiger charge is -2.35. The molecular weight excluding hydrogens is 392 g/mol. The summed E-state index contributed by atoms with van der Waals surface area (Å²) in [4.78, 5) is 54.4. The molecule has 0 N–H and O–H groups in total. The molecule has 31 heavy (non-hydrogen) atoms. The Morgan fingerprint density at radius 1 is 0.968 bits per heavy atom. The van der Waals surface area contributed by atoms with Crippen LogP contribution in [0.4, 0.5) is 0 Å². The quantitative estimate of drug-likeness (QED) is 0.405. The van der Waals surface area contributed by atoms with Crippen molar-refractivity contribution in [1.29, 1.82) is 0 Å². The highest BCUT2D eigenvalue weighted by molar-refractivity contribution is 5.97. The molecule has 6 nitrogen and oxygen atoms in total. The van der Waals surface area contributed by atoms with Crippen LogP contribution in [0.1, 0.15) is 105 Å². The standard InChI is InChI=1S/C25H42N2O4/c1-5-6-7-8-9-11-22(29)21(18-19(2)3)26-17-15-25(24(26)31)14-10-16-27(25)23(30)13-12-20(4)28/h19,21H,5-18H2,1-4H3/t21-,25-/m0/s1. The molecule has 0 bridgehead atoms. The molecule has 0 aliphatic carbocycles. The highest BCUT2D eigenvalue weighted by Gasteiger charge is 2.56. The van der Waals surface area contributed by atoms with Crippen molar-refractivity contribution in [1.82, 2.24) is 9.80 Å². The van der Waals surface area contributed by atoms with Gasteiger partial charge >= 0.3 is 0 Å². The van der Waals surface area contributed by atoms with E-state index in [0.29, 0.717) is 44.7 Å². The lowest BCUT2D eigenvalue weighted by Crippen LogP contribution is -2.55. The van der Waals surface area contributed by atoms with Crippen molar-refractivity contribution < 1.29 is 19.2 Å². The van der Waals surface area contributed by atoms with Crippen LogP contribution in [-0.4, -0.2) is 57.9 Å². The van der Waals surface area contributed by atoms with Gasteiger partial charge in [0, 0.05) is 32.4 Å². The van der Waals surface area contributed by atoms with Crippen molar-refractivity contribution in [3.05, 3.63) is 0 Å². The fourth-order valence-electron chi connectivity index (χ4n) is 5.17. The van der Waals surface area contributed by atoms with Gasteiger partial charge in [0.05, 0.1) is 6.04 Å². The molecule has 0 saturated carbocycles. The zero-order chi connectivity index (χ0) is 23.0.